The van der Waals surface area contributed by atoms with Crippen LogP contribution >= 0.6 is 0 Å². The molecule has 0 fully saturated rings. The van der Waals surface area contributed by atoms with Crippen LogP contribution in [0.15, 0.2) is 12.1 Å². The summed E-state index contributed by atoms with van der Waals surface area (Å²) in [7, 11) is 1.21. The van der Waals surface area contributed by atoms with Crippen LogP contribution in [-0.2, 0) is 4.74 Å². The molecule has 1 aromatic rings. The Morgan fingerprint density at radius 2 is 2.16 bits per heavy atom. The maximum absolute atomic E-state index is 12.3. The molecule has 7 heteroatoms. The largest absolute Gasteiger partial charge is 0.492 e. The smallest absolute Gasteiger partial charge is 0.387 e. The highest BCUT2D eigenvalue weighted by Crippen LogP contribution is 2.33. The van der Waals surface area contributed by atoms with Gasteiger partial charge in [-0.15, -0.1) is 0 Å². The van der Waals surface area contributed by atoms with Gasteiger partial charge in [0.1, 0.15) is 6.07 Å². The van der Waals surface area contributed by atoms with Gasteiger partial charge in [0.25, 0.3) is 0 Å². The molecule has 1 aromatic carbocycles. The third kappa shape index (κ3) is 3.55. The first-order valence-electron chi connectivity index (χ1n) is 5.27. The van der Waals surface area contributed by atoms with Crippen LogP contribution in [0.25, 0.3) is 0 Å². The molecule has 0 atom stereocenters. The fourth-order valence-electron chi connectivity index (χ4n) is 1.41. The molecule has 0 amide bonds. The van der Waals surface area contributed by atoms with Crippen molar-refractivity contribution in [1.82, 2.24) is 0 Å². The molecule has 1 rings (SSSR count). The van der Waals surface area contributed by atoms with Gasteiger partial charge in [-0.25, -0.2) is 4.79 Å². The van der Waals surface area contributed by atoms with E-state index in [1.165, 1.54) is 13.2 Å². The topological polar surface area (TPSA) is 68.6 Å². The number of halogens is 2. The number of nitrogens with zero attached hydrogens (tertiary/aromatic N) is 1. The maximum Gasteiger partial charge on any atom is 0.387 e. The van der Waals surface area contributed by atoms with Crippen LogP contribution in [0.5, 0.6) is 11.5 Å². The molecule has 0 aromatic heterocycles. The van der Waals surface area contributed by atoms with Crippen LogP contribution in [0.3, 0.4) is 0 Å². The highest BCUT2D eigenvalue weighted by Gasteiger charge is 2.19. The zero-order valence-electron chi connectivity index (χ0n) is 10.3. The summed E-state index contributed by atoms with van der Waals surface area (Å²) in [5.41, 5.74) is -0.154. The first kappa shape index (κ1) is 14.7. The quantitative estimate of drug-likeness (QED) is 0.769. The maximum atomic E-state index is 12.3. The molecule has 0 radical (unpaired) electrons. The van der Waals surface area contributed by atoms with Gasteiger partial charge in [-0.1, -0.05) is 0 Å². The van der Waals surface area contributed by atoms with Gasteiger partial charge in [0.2, 0.25) is 0 Å². The number of nitriles is 1. The minimum absolute atomic E-state index is 0.0603. The lowest BCUT2D eigenvalue weighted by atomic mass is 10.1. The van der Waals surface area contributed by atoms with E-state index in [1.54, 1.807) is 13.0 Å². The van der Waals surface area contributed by atoms with Gasteiger partial charge in [-0.05, 0) is 19.1 Å². The molecule has 0 bridgehead atoms. The lowest BCUT2D eigenvalue weighted by molar-refractivity contribution is -0.0513. The van der Waals surface area contributed by atoms with Gasteiger partial charge in [0.15, 0.2) is 11.5 Å². The van der Waals surface area contributed by atoms with Gasteiger partial charge in [-0.3, -0.25) is 0 Å². The molecule has 0 saturated heterocycles. The van der Waals surface area contributed by atoms with Crippen LogP contribution in [0.1, 0.15) is 22.8 Å². The van der Waals surface area contributed by atoms with Crippen LogP contribution in [0.4, 0.5) is 8.78 Å². The van der Waals surface area contributed by atoms with Crippen molar-refractivity contribution in [3.05, 3.63) is 23.3 Å². The number of carbonyl (C=O) groups is 1. The zero-order chi connectivity index (χ0) is 14.4. The molecule has 0 aliphatic rings. The molecule has 0 unspecified atom stereocenters. The van der Waals surface area contributed by atoms with Gasteiger partial charge >= 0.3 is 12.6 Å². The standard InChI is InChI=1S/C12H11F2NO4/c1-3-18-11(16)7-4-8(6-15)10(17-2)9(5-7)19-12(13)14/h4-5,12H,3H2,1-2H3. The molecule has 0 spiro atoms. The minimum Gasteiger partial charge on any atom is -0.492 e. The molecule has 5 nitrogen and oxygen atoms in total. The number of carbonyl (C=O) groups excluding carboxylic acids is 1. The van der Waals surface area contributed by atoms with Crippen molar-refractivity contribution in [3.8, 4) is 17.6 Å². The second-order valence-corrected chi connectivity index (χ2v) is 3.27. The van der Waals surface area contributed by atoms with E-state index in [-0.39, 0.29) is 29.2 Å². The van der Waals surface area contributed by atoms with Crippen LogP contribution < -0.4 is 9.47 Å². The third-order valence-corrected chi connectivity index (χ3v) is 2.11. The van der Waals surface area contributed by atoms with Crippen LogP contribution in [0, 0.1) is 11.3 Å². The van der Waals surface area contributed by atoms with Gasteiger partial charge in [0, 0.05) is 0 Å². The van der Waals surface area contributed by atoms with E-state index in [9.17, 15) is 13.6 Å². The van der Waals surface area contributed by atoms with E-state index in [0.717, 1.165) is 6.07 Å². The second-order valence-electron chi connectivity index (χ2n) is 3.27. The third-order valence-electron chi connectivity index (χ3n) is 2.11. The number of ether oxygens (including phenoxy) is 3. The van der Waals surface area contributed by atoms with E-state index < -0.39 is 12.6 Å². The van der Waals surface area contributed by atoms with Crippen molar-refractivity contribution in [2.45, 2.75) is 13.5 Å². The number of rotatable bonds is 5. The Labute approximate surface area is 108 Å². The molecule has 19 heavy (non-hydrogen) atoms. The van der Waals surface area contributed by atoms with E-state index in [0.29, 0.717) is 0 Å². The van der Waals surface area contributed by atoms with Crippen molar-refractivity contribution in [3.63, 3.8) is 0 Å². The summed E-state index contributed by atoms with van der Waals surface area (Å²) in [5, 5.41) is 8.92. The monoisotopic (exact) mass is 271 g/mol. The summed E-state index contributed by atoms with van der Waals surface area (Å²) in [6.45, 7) is -1.38. The lowest BCUT2D eigenvalue weighted by Crippen LogP contribution is -2.09. The Bertz CT molecular complexity index is 511. The fourth-order valence-corrected chi connectivity index (χ4v) is 1.41. The molecular weight excluding hydrogens is 260 g/mol. The summed E-state index contributed by atoms with van der Waals surface area (Å²) in [6, 6.07) is 3.97. The minimum atomic E-state index is -3.10. The van der Waals surface area contributed by atoms with Crippen molar-refractivity contribution in [2.24, 2.45) is 0 Å². The Balaban J connectivity index is 3.30. The average Bonchev–Trinajstić information content (AvgIpc) is 2.37. The first-order chi connectivity index (χ1) is 9.03. The summed E-state index contributed by atoms with van der Waals surface area (Å²) in [6.07, 6.45) is 0. The Morgan fingerprint density at radius 1 is 1.47 bits per heavy atom. The average molecular weight is 271 g/mol. The van der Waals surface area contributed by atoms with Crippen LogP contribution in [-0.4, -0.2) is 26.3 Å². The molecule has 102 valence electrons. The van der Waals surface area contributed by atoms with Gasteiger partial charge in [0.05, 0.1) is 24.8 Å². The number of hydrogen-bond acceptors (Lipinski definition) is 5. The van der Waals surface area contributed by atoms with E-state index >= 15 is 0 Å². The SMILES string of the molecule is CCOC(=O)c1cc(C#N)c(OC)c(OC(F)F)c1. The van der Waals surface area contributed by atoms with E-state index in [2.05, 4.69) is 4.74 Å². The Hall–Kier alpha value is -2.36. The summed E-state index contributed by atoms with van der Waals surface area (Å²) >= 11 is 0. The summed E-state index contributed by atoms with van der Waals surface area (Å²) < 4.78 is 38.3. The number of hydrogen-bond donors (Lipinski definition) is 0. The predicted octanol–water partition coefficient (Wildman–Crippen LogP) is 2.34. The normalized spacial score (nSPS) is 9.89. The Morgan fingerprint density at radius 3 is 2.63 bits per heavy atom. The van der Waals surface area contributed by atoms with Crippen molar-refractivity contribution in [1.29, 1.82) is 5.26 Å². The highest BCUT2D eigenvalue weighted by molar-refractivity contribution is 5.91. The predicted molar refractivity (Wildman–Crippen MR) is 60.3 cm³/mol. The van der Waals surface area contributed by atoms with Gasteiger partial charge in [-0.2, -0.15) is 14.0 Å². The lowest BCUT2D eigenvalue weighted by Gasteiger charge is -2.12. The fraction of sp³-hybridized carbons (Fsp3) is 0.333. The zero-order valence-corrected chi connectivity index (χ0v) is 10.3. The van der Waals surface area contributed by atoms with E-state index in [1.807, 2.05) is 0 Å². The van der Waals surface area contributed by atoms with Crippen molar-refractivity contribution >= 4 is 5.97 Å². The summed E-state index contributed by atoms with van der Waals surface area (Å²) in [4.78, 5) is 11.5. The molecule has 0 aliphatic heterocycles. The van der Waals surface area contributed by atoms with Crippen LogP contribution in [0.2, 0.25) is 0 Å². The van der Waals surface area contributed by atoms with Gasteiger partial charge < -0.3 is 14.2 Å². The summed E-state index contributed by atoms with van der Waals surface area (Å²) in [5.74, 6) is -1.28. The molecular formula is C12H11F2NO4. The van der Waals surface area contributed by atoms with E-state index in [4.69, 9.17) is 14.7 Å². The molecule has 0 heterocycles. The van der Waals surface area contributed by atoms with Crippen molar-refractivity contribution < 1.29 is 27.8 Å². The number of esters is 1. The number of benzene rings is 1. The Kier molecular flexibility index (Phi) is 5.06. The van der Waals surface area contributed by atoms with Crippen molar-refractivity contribution in [2.75, 3.05) is 13.7 Å². The first-order valence-corrected chi connectivity index (χ1v) is 5.27. The molecule has 0 aliphatic carbocycles. The molecule has 0 N–H and O–H groups in total. The number of alkyl halides is 2. The highest BCUT2D eigenvalue weighted by atomic mass is 19.3. The molecule has 0 saturated carbocycles. The second kappa shape index (κ2) is 6.54. The number of methoxy groups -OCH3 is 1.